The normalized spacial score (nSPS) is 21.1. The first-order chi connectivity index (χ1) is 17.7. The van der Waals surface area contributed by atoms with Gasteiger partial charge in [-0.2, -0.15) is 0 Å². The van der Waals surface area contributed by atoms with Crippen LogP contribution in [-0.2, 0) is 10.3 Å². The predicted octanol–water partition coefficient (Wildman–Crippen LogP) is 4.52. The molecule has 208 valence electrons. The first-order valence-corrected chi connectivity index (χ1v) is 13.9. The van der Waals surface area contributed by atoms with E-state index in [0.717, 1.165) is 6.42 Å². The molecule has 37 heavy (non-hydrogen) atoms. The summed E-state index contributed by atoms with van der Waals surface area (Å²) >= 11 is 6.05. The first kappa shape index (κ1) is 29.5. The van der Waals surface area contributed by atoms with Crippen molar-refractivity contribution >= 4 is 23.7 Å². The third-order valence-electron chi connectivity index (χ3n) is 7.87. The highest BCUT2D eigenvalue weighted by molar-refractivity contribution is 6.30. The summed E-state index contributed by atoms with van der Waals surface area (Å²) in [7, 11) is 1.28. The molecule has 1 saturated carbocycles. The molecule has 0 aromatic heterocycles. The number of alkyl carbamates (subject to hydrolysis) is 1. The third-order valence-corrected chi connectivity index (χ3v) is 8.16. The van der Waals surface area contributed by atoms with Crippen LogP contribution in [-0.4, -0.2) is 61.5 Å². The van der Waals surface area contributed by atoms with Gasteiger partial charge in [-0.3, -0.25) is 0 Å². The number of benzene rings is 1. The van der Waals surface area contributed by atoms with Crippen LogP contribution in [0.5, 0.6) is 0 Å². The molecule has 5 N–H and O–H groups in total. The van der Waals surface area contributed by atoms with E-state index >= 15 is 4.39 Å². The lowest BCUT2D eigenvalue weighted by atomic mass is 9.74. The summed E-state index contributed by atoms with van der Waals surface area (Å²) in [6.45, 7) is 1.49. The molecule has 1 aromatic carbocycles. The fraction of sp³-hybridized carbons (Fsp3) is 0.704. The van der Waals surface area contributed by atoms with Crippen molar-refractivity contribution in [2.45, 2.75) is 75.9 Å². The number of rotatable bonds is 10. The van der Waals surface area contributed by atoms with Gasteiger partial charge in [-0.15, -0.1) is 0 Å². The van der Waals surface area contributed by atoms with Crippen molar-refractivity contribution in [2.75, 3.05) is 33.3 Å². The molecular formula is C27H42ClFN4O4. The Hall–Kier alpha value is -2.10. The Labute approximate surface area is 224 Å². The topological polar surface area (TPSA) is 117 Å². The van der Waals surface area contributed by atoms with Gasteiger partial charge < -0.3 is 31.1 Å². The van der Waals surface area contributed by atoms with Crippen LogP contribution in [0.3, 0.4) is 0 Å². The lowest BCUT2D eigenvalue weighted by Gasteiger charge is -2.43. The summed E-state index contributed by atoms with van der Waals surface area (Å²) in [6, 6.07) is 4.28. The maximum Gasteiger partial charge on any atom is 0.406 e. The van der Waals surface area contributed by atoms with E-state index in [-0.39, 0.29) is 42.2 Å². The monoisotopic (exact) mass is 540 g/mol. The van der Waals surface area contributed by atoms with E-state index in [9.17, 15) is 14.7 Å². The summed E-state index contributed by atoms with van der Waals surface area (Å²) in [5.74, 6) is -0.437. The van der Waals surface area contributed by atoms with Crippen molar-refractivity contribution in [3.05, 3.63) is 34.6 Å². The summed E-state index contributed by atoms with van der Waals surface area (Å²) in [6.07, 6.45) is 8.45. The Morgan fingerprint density at radius 3 is 2.73 bits per heavy atom. The number of nitrogens with one attached hydrogen (secondary N) is 2. The molecule has 0 radical (unpaired) electrons. The minimum atomic E-state index is -1.57. The van der Waals surface area contributed by atoms with Crippen molar-refractivity contribution < 1.29 is 23.8 Å². The van der Waals surface area contributed by atoms with Gasteiger partial charge in [-0.1, -0.05) is 55.8 Å². The van der Waals surface area contributed by atoms with Crippen LogP contribution in [0.25, 0.3) is 0 Å². The molecule has 0 unspecified atom stereocenters. The van der Waals surface area contributed by atoms with Crippen LogP contribution in [0.2, 0.25) is 5.02 Å². The zero-order valence-corrected chi connectivity index (χ0v) is 22.6. The van der Waals surface area contributed by atoms with Crippen LogP contribution < -0.4 is 16.4 Å². The Bertz CT molecular complexity index is 901. The number of ether oxygens (including phenoxy) is 1. The lowest BCUT2D eigenvalue weighted by Crippen LogP contribution is -2.52. The number of likely N-dealkylation sites (tertiary alicyclic amines) is 1. The number of nitrogens with zero attached hydrogens (tertiary/aromatic N) is 1. The van der Waals surface area contributed by atoms with Gasteiger partial charge in [-0.25, -0.2) is 14.0 Å². The first-order valence-electron chi connectivity index (χ1n) is 13.5. The van der Waals surface area contributed by atoms with Crippen molar-refractivity contribution in [3.8, 4) is 0 Å². The van der Waals surface area contributed by atoms with E-state index in [2.05, 4.69) is 15.4 Å². The number of amides is 3. The van der Waals surface area contributed by atoms with Crippen molar-refractivity contribution in [3.63, 3.8) is 0 Å². The number of aliphatic hydroxyl groups is 1. The average Bonchev–Trinajstić information content (AvgIpc) is 2.91. The molecule has 0 spiro atoms. The molecule has 1 saturated heterocycles. The SMILES string of the molecule is COC(=O)NCCC[C@@](O)(c1cccc(Cl)c1F)[C@@H]1CCCN(C(=O)NC[C@@H](N)CC2CCCCC2)C1. The van der Waals surface area contributed by atoms with Crippen LogP contribution in [0.1, 0.15) is 69.8 Å². The standard InChI is InChI=1S/C27H42ClFN4O4/c1-37-26(35)31-14-7-13-27(36,22-11-5-12-23(28)24(22)29)20-10-6-15-33(18-20)25(34)32-17-21(30)16-19-8-3-2-4-9-19/h5,11-12,19-21,36H,2-4,6-10,13-18,30H2,1H3,(H,31,35)(H,32,34)/t20-,21+,27+/m1/s1. The summed E-state index contributed by atoms with van der Waals surface area (Å²) in [4.78, 5) is 26.1. The average molecular weight is 541 g/mol. The summed E-state index contributed by atoms with van der Waals surface area (Å²) in [5, 5.41) is 17.4. The van der Waals surface area contributed by atoms with E-state index in [1.165, 1.54) is 51.3 Å². The van der Waals surface area contributed by atoms with Gasteiger partial charge in [0.05, 0.1) is 17.7 Å². The Kier molecular flexibility index (Phi) is 11.3. The molecule has 3 amide bonds. The van der Waals surface area contributed by atoms with Gasteiger partial charge in [0.15, 0.2) is 0 Å². The van der Waals surface area contributed by atoms with E-state index < -0.39 is 23.4 Å². The third kappa shape index (κ3) is 8.19. The number of piperidine rings is 1. The molecule has 1 aromatic rings. The van der Waals surface area contributed by atoms with E-state index in [1.807, 2.05) is 0 Å². The number of halogens is 2. The molecule has 1 aliphatic heterocycles. The van der Waals surface area contributed by atoms with E-state index in [4.69, 9.17) is 17.3 Å². The largest absolute Gasteiger partial charge is 0.453 e. The molecule has 0 bridgehead atoms. The molecule has 10 heteroatoms. The van der Waals surface area contributed by atoms with Gasteiger partial charge in [0.2, 0.25) is 0 Å². The van der Waals surface area contributed by atoms with E-state index in [0.29, 0.717) is 38.3 Å². The second-order valence-electron chi connectivity index (χ2n) is 10.5. The highest BCUT2D eigenvalue weighted by Gasteiger charge is 2.43. The van der Waals surface area contributed by atoms with Crippen molar-refractivity contribution in [1.82, 2.24) is 15.5 Å². The maximum atomic E-state index is 15.1. The zero-order chi connectivity index (χ0) is 26.8. The quantitative estimate of drug-likeness (QED) is 0.325. The van der Waals surface area contributed by atoms with Gasteiger partial charge in [0, 0.05) is 43.7 Å². The minimum absolute atomic E-state index is 0.0685. The van der Waals surface area contributed by atoms with Crippen LogP contribution in [0, 0.1) is 17.7 Å². The van der Waals surface area contributed by atoms with Crippen LogP contribution in [0.4, 0.5) is 14.0 Å². The minimum Gasteiger partial charge on any atom is -0.453 e. The molecule has 1 heterocycles. The fourth-order valence-electron chi connectivity index (χ4n) is 5.83. The van der Waals surface area contributed by atoms with Crippen LogP contribution in [0.15, 0.2) is 18.2 Å². The number of urea groups is 1. The lowest BCUT2D eigenvalue weighted by molar-refractivity contribution is -0.0575. The Morgan fingerprint density at radius 2 is 2.00 bits per heavy atom. The highest BCUT2D eigenvalue weighted by Crippen LogP contribution is 2.41. The second kappa shape index (κ2) is 14.2. The Balaban J connectivity index is 1.64. The second-order valence-corrected chi connectivity index (χ2v) is 10.9. The fourth-order valence-corrected chi connectivity index (χ4v) is 6.01. The van der Waals surface area contributed by atoms with Gasteiger partial charge in [0.1, 0.15) is 5.82 Å². The van der Waals surface area contributed by atoms with Crippen molar-refractivity contribution in [2.24, 2.45) is 17.6 Å². The Morgan fingerprint density at radius 1 is 1.24 bits per heavy atom. The smallest absolute Gasteiger partial charge is 0.406 e. The highest BCUT2D eigenvalue weighted by atomic mass is 35.5. The molecule has 8 nitrogen and oxygen atoms in total. The van der Waals surface area contributed by atoms with Gasteiger partial charge >= 0.3 is 12.1 Å². The molecule has 1 aliphatic carbocycles. The molecular weight excluding hydrogens is 499 g/mol. The number of hydrogen-bond donors (Lipinski definition) is 4. The summed E-state index contributed by atoms with van der Waals surface area (Å²) in [5.41, 5.74) is 4.86. The number of nitrogens with two attached hydrogens (primary N) is 1. The predicted molar refractivity (Wildman–Crippen MR) is 142 cm³/mol. The number of hydrogen-bond acceptors (Lipinski definition) is 5. The summed E-state index contributed by atoms with van der Waals surface area (Å²) < 4.78 is 19.7. The number of carbonyl (C=O) groups is 2. The maximum absolute atomic E-state index is 15.1. The number of methoxy groups -OCH3 is 1. The molecule has 3 atom stereocenters. The number of carbonyl (C=O) groups excluding carboxylic acids is 2. The van der Waals surface area contributed by atoms with Crippen LogP contribution >= 0.6 is 11.6 Å². The van der Waals surface area contributed by atoms with Gasteiger partial charge in [0.25, 0.3) is 0 Å². The zero-order valence-electron chi connectivity index (χ0n) is 21.8. The van der Waals surface area contributed by atoms with Crippen molar-refractivity contribution in [1.29, 1.82) is 0 Å². The molecule has 2 aliphatic rings. The molecule has 2 fully saturated rings. The molecule has 3 rings (SSSR count). The van der Waals surface area contributed by atoms with E-state index in [1.54, 1.807) is 11.0 Å². The van der Waals surface area contributed by atoms with Gasteiger partial charge in [-0.05, 0) is 44.1 Å².